The standard InChI is InChI=1S/C29H29F3N4O2/c1-19(10-12-21-6-5-9-26(37-2)28(21)38-23-7-3-4-8-23)35-25-16-22(29(30,31)32)13-14-24(25)36-27-15-11-20(17-33)18-34-27/h5-6,9-16,18-19,23,35H,3-4,7-8H2,1-2H3,(H,34,36)/b12-10+. The molecule has 0 spiro atoms. The van der Waals surface area contributed by atoms with Crippen LogP contribution in [0.4, 0.5) is 30.4 Å². The maximum atomic E-state index is 13.5. The van der Waals surface area contributed by atoms with Gasteiger partial charge in [0.15, 0.2) is 11.5 Å². The van der Waals surface area contributed by atoms with Gasteiger partial charge in [0.1, 0.15) is 11.9 Å². The van der Waals surface area contributed by atoms with Crippen molar-refractivity contribution in [2.45, 2.75) is 50.9 Å². The number of benzene rings is 2. The number of pyridine rings is 1. The number of anilines is 3. The van der Waals surface area contributed by atoms with E-state index in [9.17, 15) is 13.2 Å². The van der Waals surface area contributed by atoms with E-state index >= 15 is 0 Å². The molecule has 1 aliphatic carbocycles. The molecule has 0 radical (unpaired) electrons. The third kappa shape index (κ3) is 6.76. The summed E-state index contributed by atoms with van der Waals surface area (Å²) in [6, 6.07) is 13.9. The Kier molecular flexibility index (Phi) is 8.41. The lowest BCUT2D eigenvalue weighted by Crippen LogP contribution is -2.15. The number of para-hydroxylation sites is 1. The third-order valence-corrected chi connectivity index (χ3v) is 6.27. The lowest BCUT2D eigenvalue weighted by atomic mass is 10.1. The Labute approximate surface area is 220 Å². The van der Waals surface area contributed by atoms with Crippen LogP contribution in [0.3, 0.4) is 0 Å². The monoisotopic (exact) mass is 522 g/mol. The van der Waals surface area contributed by atoms with Crippen LogP contribution in [-0.2, 0) is 6.18 Å². The van der Waals surface area contributed by atoms with Crippen molar-refractivity contribution in [1.29, 1.82) is 5.26 Å². The van der Waals surface area contributed by atoms with Gasteiger partial charge in [0.25, 0.3) is 0 Å². The Balaban J connectivity index is 1.57. The molecular weight excluding hydrogens is 493 g/mol. The zero-order valence-electron chi connectivity index (χ0n) is 21.2. The van der Waals surface area contributed by atoms with Crippen molar-refractivity contribution in [3.8, 4) is 17.6 Å². The van der Waals surface area contributed by atoms with Gasteiger partial charge in [-0.2, -0.15) is 18.4 Å². The molecule has 198 valence electrons. The lowest BCUT2D eigenvalue weighted by molar-refractivity contribution is -0.137. The van der Waals surface area contributed by atoms with Crippen molar-refractivity contribution < 1.29 is 22.6 Å². The van der Waals surface area contributed by atoms with Gasteiger partial charge in [0, 0.05) is 17.8 Å². The molecule has 1 aliphatic rings. The molecule has 1 heterocycles. The summed E-state index contributed by atoms with van der Waals surface area (Å²) in [5, 5.41) is 15.2. The topological polar surface area (TPSA) is 79.2 Å². The average Bonchev–Trinajstić information content (AvgIpc) is 3.42. The summed E-state index contributed by atoms with van der Waals surface area (Å²) in [6.45, 7) is 1.85. The maximum absolute atomic E-state index is 13.5. The first-order chi connectivity index (χ1) is 18.3. The van der Waals surface area contributed by atoms with Gasteiger partial charge in [-0.1, -0.05) is 24.3 Å². The number of alkyl halides is 3. The minimum absolute atomic E-state index is 0.142. The number of halogens is 3. The van der Waals surface area contributed by atoms with Gasteiger partial charge in [-0.05, 0) is 69.0 Å². The van der Waals surface area contributed by atoms with Crippen LogP contribution in [0.15, 0.2) is 60.8 Å². The summed E-state index contributed by atoms with van der Waals surface area (Å²) in [5.41, 5.74) is 1.12. The molecule has 9 heteroatoms. The summed E-state index contributed by atoms with van der Waals surface area (Å²) in [7, 11) is 1.60. The fourth-order valence-electron chi connectivity index (χ4n) is 4.29. The predicted octanol–water partition coefficient (Wildman–Crippen LogP) is 7.56. The SMILES string of the molecule is COc1cccc(/C=C/C(C)Nc2cc(C(F)(F)F)ccc2Nc2ccc(C#N)cn2)c1OC1CCCC1. The number of nitrogens with zero attached hydrogens (tertiary/aromatic N) is 2. The van der Waals surface area contributed by atoms with Crippen molar-refractivity contribution >= 4 is 23.3 Å². The molecule has 0 aliphatic heterocycles. The second kappa shape index (κ2) is 11.9. The molecule has 1 unspecified atom stereocenters. The van der Waals surface area contributed by atoms with Crippen molar-refractivity contribution in [2.75, 3.05) is 17.7 Å². The average molecular weight is 523 g/mol. The summed E-state index contributed by atoms with van der Waals surface area (Å²) < 4.78 is 52.2. The van der Waals surface area contributed by atoms with Crippen LogP contribution in [-0.4, -0.2) is 24.2 Å². The maximum Gasteiger partial charge on any atom is 0.416 e. The summed E-state index contributed by atoms with van der Waals surface area (Å²) >= 11 is 0. The molecule has 3 aromatic rings. The Morgan fingerprint density at radius 3 is 2.55 bits per heavy atom. The van der Waals surface area contributed by atoms with E-state index in [4.69, 9.17) is 14.7 Å². The zero-order chi connectivity index (χ0) is 27.1. The number of methoxy groups -OCH3 is 1. The number of ether oxygens (including phenoxy) is 2. The van der Waals surface area contributed by atoms with Gasteiger partial charge >= 0.3 is 6.18 Å². The molecule has 0 amide bonds. The number of rotatable bonds is 9. The Hall–Kier alpha value is -4.19. The molecule has 6 nitrogen and oxygen atoms in total. The van der Waals surface area contributed by atoms with E-state index in [1.165, 1.54) is 12.3 Å². The molecule has 0 bridgehead atoms. The van der Waals surface area contributed by atoms with Crippen molar-refractivity contribution in [3.05, 3.63) is 77.5 Å². The quantitative estimate of drug-likeness (QED) is 0.302. The highest BCUT2D eigenvalue weighted by Gasteiger charge is 2.31. The van der Waals surface area contributed by atoms with Crippen molar-refractivity contribution in [2.24, 2.45) is 0 Å². The van der Waals surface area contributed by atoms with Crippen molar-refractivity contribution in [1.82, 2.24) is 4.98 Å². The van der Waals surface area contributed by atoms with Gasteiger partial charge in [-0.3, -0.25) is 0 Å². The Bertz CT molecular complexity index is 1310. The van der Waals surface area contributed by atoms with Crippen LogP contribution >= 0.6 is 0 Å². The number of nitrogens with one attached hydrogen (secondary N) is 2. The summed E-state index contributed by atoms with van der Waals surface area (Å²) in [5.74, 6) is 1.71. The molecule has 1 aromatic heterocycles. The molecule has 1 atom stereocenters. The number of aromatic nitrogens is 1. The number of hydrogen-bond donors (Lipinski definition) is 2. The van der Waals surface area contributed by atoms with E-state index < -0.39 is 11.7 Å². The number of hydrogen-bond acceptors (Lipinski definition) is 6. The fourth-order valence-corrected chi connectivity index (χ4v) is 4.29. The minimum atomic E-state index is -4.49. The molecule has 2 aromatic carbocycles. The molecule has 4 rings (SSSR count). The van der Waals surface area contributed by atoms with Crippen LogP contribution in [0.5, 0.6) is 11.5 Å². The van der Waals surface area contributed by atoms with E-state index in [-0.39, 0.29) is 17.8 Å². The minimum Gasteiger partial charge on any atom is -0.493 e. The zero-order valence-corrected chi connectivity index (χ0v) is 21.2. The fraction of sp³-hybridized carbons (Fsp3) is 0.310. The van der Waals surface area contributed by atoms with Crippen LogP contribution in [0, 0.1) is 11.3 Å². The first-order valence-corrected chi connectivity index (χ1v) is 12.4. The van der Waals surface area contributed by atoms with Crippen LogP contribution in [0.25, 0.3) is 6.08 Å². The van der Waals surface area contributed by atoms with E-state index in [2.05, 4.69) is 15.6 Å². The second-order valence-electron chi connectivity index (χ2n) is 9.12. The molecule has 38 heavy (non-hydrogen) atoms. The predicted molar refractivity (Wildman–Crippen MR) is 142 cm³/mol. The largest absolute Gasteiger partial charge is 0.493 e. The van der Waals surface area contributed by atoms with E-state index in [1.54, 1.807) is 19.2 Å². The summed E-state index contributed by atoms with van der Waals surface area (Å²) in [6.07, 6.45) is 5.06. The highest BCUT2D eigenvalue weighted by atomic mass is 19.4. The number of nitriles is 1. The highest BCUT2D eigenvalue weighted by Crippen LogP contribution is 2.37. The first-order valence-electron chi connectivity index (χ1n) is 12.4. The highest BCUT2D eigenvalue weighted by molar-refractivity contribution is 5.75. The first kappa shape index (κ1) is 26.9. The smallest absolute Gasteiger partial charge is 0.416 e. The van der Waals surface area contributed by atoms with Gasteiger partial charge < -0.3 is 20.1 Å². The van der Waals surface area contributed by atoms with Gasteiger partial charge in [0.05, 0.1) is 35.7 Å². The molecule has 1 fully saturated rings. The van der Waals surface area contributed by atoms with Crippen LogP contribution in [0.2, 0.25) is 0 Å². The van der Waals surface area contributed by atoms with Crippen LogP contribution < -0.4 is 20.1 Å². The molecule has 1 saturated carbocycles. The second-order valence-corrected chi connectivity index (χ2v) is 9.12. The van der Waals surface area contributed by atoms with Gasteiger partial charge in [-0.15, -0.1) is 0 Å². The molecule has 0 saturated heterocycles. The van der Waals surface area contributed by atoms with Crippen LogP contribution in [0.1, 0.15) is 49.3 Å². The molecule has 2 N–H and O–H groups in total. The Morgan fingerprint density at radius 1 is 1.11 bits per heavy atom. The normalized spacial score (nSPS) is 14.7. The van der Waals surface area contributed by atoms with Crippen molar-refractivity contribution in [3.63, 3.8) is 0 Å². The lowest BCUT2D eigenvalue weighted by Gasteiger charge is -2.20. The van der Waals surface area contributed by atoms with E-state index in [0.717, 1.165) is 43.4 Å². The van der Waals surface area contributed by atoms with Gasteiger partial charge in [-0.25, -0.2) is 4.98 Å². The molecular formula is C29H29F3N4O2. The Morgan fingerprint density at radius 2 is 1.89 bits per heavy atom. The van der Waals surface area contributed by atoms with E-state index in [1.807, 2.05) is 43.3 Å². The summed E-state index contributed by atoms with van der Waals surface area (Å²) in [4.78, 5) is 4.16. The van der Waals surface area contributed by atoms with E-state index in [0.29, 0.717) is 28.6 Å². The van der Waals surface area contributed by atoms with Gasteiger partial charge in [0.2, 0.25) is 0 Å². The third-order valence-electron chi connectivity index (χ3n) is 6.27.